The molecule has 2 rings (SSSR count). The average molecular weight is 298 g/mol. The molecule has 2 aromatic rings. The van der Waals surface area contributed by atoms with E-state index in [1.165, 1.54) is 0 Å². The number of imidazole rings is 1. The van der Waals surface area contributed by atoms with E-state index in [0.29, 0.717) is 10.0 Å². The van der Waals surface area contributed by atoms with Crippen molar-refractivity contribution in [3.63, 3.8) is 0 Å². The molecule has 0 aliphatic rings. The summed E-state index contributed by atoms with van der Waals surface area (Å²) in [5.41, 5.74) is 1.07. The maximum atomic E-state index is 6.24. The number of aromatic nitrogens is 2. The molecular weight excluding hydrogens is 281 g/mol. The van der Waals surface area contributed by atoms with Crippen LogP contribution >= 0.6 is 23.2 Å². The Morgan fingerprint density at radius 3 is 2.74 bits per heavy atom. The topological polar surface area (TPSA) is 29.9 Å². The van der Waals surface area contributed by atoms with Gasteiger partial charge in [-0.3, -0.25) is 0 Å². The molecule has 1 unspecified atom stereocenters. The lowest BCUT2D eigenvalue weighted by atomic mass is 10.1. The number of hydrogen-bond acceptors (Lipinski definition) is 2. The molecule has 0 bridgehead atoms. The minimum atomic E-state index is 0.142. The Morgan fingerprint density at radius 2 is 2.16 bits per heavy atom. The molecule has 1 aromatic carbocycles. The predicted octanol–water partition coefficient (Wildman–Crippen LogP) is 3.62. The van der Waals surface area contributed by atoms with Gasteiger partial charge in [-0.25, -0.2) is 4.98 Å². The van der Waals surface area contributed by atoms with Crippen molar-refractivity contribution in [2.75, 3.05) is 6.54 Å². The molecule has 0 aliphatic heterocycles. The monoisotopic (exact) mass is 297 g/mol. The smallest absolute Gasteiger partial charge is 0.125 e. The van der Waals surface area contributed by atoms with Crippen LogP contribution in [0.3, 0.4) is 0 Å². The van der Waals surface area contributed by atoms with E-state index >= 15 is 0 Å². The Kier molecular flexibility index (Phi) is 4.86. The first-order chi connectivity index (χ1) is 9.11. The summed E-state index contributed by atoms with van der Waals surface area (Å²) >= 11 is 12.2. The van der Waals surface area contributed by atoms with E-state index < -0.39 is 0 Å². The van der Waals surface area contributed by atoms with E-state index in [1.54, 1.807) is 6.07 Å². The summed E-state index contributed by atoms with van der Waals surface area (Å²) in [6, 6.07) is 5.76. The van der Waals surface area contributed by atoms with Gasteiger partial charge in [-0.15, -0.1) is 0 Å². The summed E-state index contributed by atoms with van der Waals surface area (Å²) < 4.78 is 2.02. The zero-order valence-corrected chi connectivity index (χ0v) is 12.5. The summed E-state index contributed by atoms with van der Waals surface area (Å²) in [4.78, 5) is 4.41. The number of likely N-dealkylation sites (N-methyl/N-ethyl adjacent to an activating group) is 1. The molecule has 0 aliphatic carbocycles. The lowest BCUT2D eigenvalue weighted by Crippen LogP contribution is -2.25. The number of rotatable bonds is 5. The van der Waals surface area contributed by atoms with E-state index in [9.17, 15) is 0 Å². The standard InChI is InChI=1S/C14H17Cl2N3/c1-3-17-13(14-18-6-7-19(14)2)8-10-4-5-11(15)9-12(10)16/h4-7,9,13,17H,3,8H2,1-2H3. The molecule has 0 saturated carbocycles. The van der Waals surface area contributed by atoms with Crippen molar-refractivity contribution in [1.82, 2.24) is 14.9 Å². The first-order valence-electron chi connectivity index (χ1n) is 6.26. The largest absolute Gasteiger partial charge is 0.337 e. The summed E-state index contributed by atoms with van der Waals surface area (Å²) in [7, 11) is 2.00. The maximum absolute atomic E-state index is 6.24. The van der Waals surface area contributed by atoms with E-state index in [-0.39, 0.29) is 6.04 Å². The van der Waals surface area contributed by atoms with Gasteiger partial charge in [-0.05, 0) is 30.7 Å². The van der Waals surface area contributed by atoms with Gasteiger partial charge in [0.2, 0.25) is 0 Å². The molecule has 1 heterocycles. The van der Waals surface area contributed by atoms with Gasteiger partial charge in [0.15, 0.2) is 0 Å². The lowest BCUT2D eigenvalue weighted by molar-refractivity contribution is 0.506. The van der Waals surface area contributed by atoms with Crippen molar-refractivity contribution >= 4 is 23.2 Å². The van der Waals surface area contributed by atoms with E-state index in [0.717, 1.165) is 24.4 Å². The van der Waals surface area contributed by atoms with Crippen molar-refractivity contribution in [2.45, 2.75) is 19.4 Å². The van der Waals surface area contributed by atoms with Gasteiger partial charge < -0.3 is 9.88 Å². The third-order valence-electron chi connectivity index (χ3n) is 3.06. The van der Waals surface area contributed by atoms with Gasteiger partial charge in [0.05, 0.1) is 6.04 Å². The molecule has 5 heteroatoms. The van der Waals surface area contributed by atoms with Crippen molar-refractivity contribution in [1.29, 1.82) is 0 Å². The maximum Gasteiger partial charge on any atom is 0.125 e. The minimum absolute atomic E-state index is 0.142. The third kappa shape index (κ3) is 3.50. The SMILES string of the molecule is CCNC(Cc1ccc(Cl)cc1Cl)c1nccn1C. The zero-order valence-electron chi connectivity index (χ0n) is 11.0. The third-order valence-corrected chi connectivity index (χ3v) is 3.65. The van der Waals surface area contributed by atoms with Gasteiger partial charge in [-0.2, -0.15) is 0 Å². The molecule has 19 heavy (non-hydrogen) atoms. The van der Waals surface area contributed by atoms with Crippen LogP contribution in [0, 0.1) is 0 Å². The number of benzene rings is 1. The molecule has 102 valence electrons. The van der Waals surface area contributed by atoms with Gasteiger partial charge in [0, 0.05) is 29.5 Å². The van der Waals surface area contributed by atoms with E-state index in [4.69, 9.17) is 23.2 Å². The Bertz CT molecular complexity index is 551. The Balaban J connectivity index is 2.24. The number of halogens is 2. The number of hydrogen-bond donors (Lipinski definition) is 1. The number of aryl methyl sites for hydroxylation is 1. The first kappa shape index (κ1) is 14.4. The van der Waals surface area contributed by atoms with Crippen LogP contribution in [0.15, 0.2) is 30.6 Å². The van der Waals surface area contributed by atoms with Crippen LogP contribution in [-0.4, -0.2) is 16.1 Å². The number of nitrogens with zero attached hydrogens (tertiary/aromatic N) is 2. The van der Waals surface area contributed by atoms with Crippen LogP contribution in [0.2, 0.25) is 10.0 Å². The van der Waals surface area contributed by atoms with Crippen LogP contribution < -0.4 is 5.32 Å². The predicted molar refractivity (Wildman–Crippen MR) is 79.8 cm³/mol. The molecule has 1 aromatic heterocycles. The van der Waals surface area contributed by atoms with E-state index in [1.807, 2.05) is 36.1 Å². The van der Waals surface area contributed by atoms with E-state index in [2.05, 4.69) is 17.2 Å². The molecule has 0 saturated heterocycles. The Morgan fingerprint density at radius 1 is 1.37 bits per heavy atom. The molecule has 0 radical (unpaired) electrons. The van der Waals surface area contributed by atoms with Crippen LogP contribution in [-0.2, 0) is 13.5 Å². The van der Waals surface area contributed by atoms with Gasteiger partial charge in [0.1, 0.15) is 5.82 Å². The normalized spacial score (nSPS) is 12.6. The zero-order chi connectivity index (χ0) is 13.8. The molecule has 3 nitrogen and oxygen atoms in total. The molecule has 0 spiro atoms. The molecule has 1 N–H and O–H groups in total. The highest BCUT2D eigenvalue weighted by Gasteiger charge is 2.16. The fourth-order valence-electron chi connectivity index (χ4n) is 2.12. The van der Waals surface area contributed by atoms with Gasteiger partial charge >= 0.3 is 0 Å². The van der Waals surface area contributed by atoms with Gasteiger partial charge in [-0.1, -0.05) is 36.2 Å². The molecule has 0 fully saturated rings. The van der Waals surface area contributed by atoms with Gasteiger partial charge in [0.25, 0.3) is 0 Å². The average Bonchev–Trinajstić information content (AvgIpc) is 2.78. The Labute approximate surface area is 123 Å². The van der Waals surface area contributed by atoms with Crippen molar-refractivity contribution in [3.05, 3.63) is 52.0 Å². The Hall–Kier alpha value is -1.03. The van der Waals surface area contributed by atoms with Crippen molar-refractivity contribution in [3.8, 4) is 0 Å². The lowest BCUT2D eigenvalue weighted by Gasteiger charge is -2.18. The quantitative estimate of drug-likeness (QED) is 0.913. The highest BCUT2D eigenvalue weighted by atomic mass is 35.5. The summed E-state index contributed by atoms with van der Waals surface area (Å²) in [5.74, 6) is 1.01. The fourth-order valence-corrected chi connectivity index (χ4v) is 2.61. The highest BCUT2D eigenvalue weighted by Crippen LogP contribution is 2.25. The highest BCUT2D eigenvalue weighted by molar-refractivity contribution is 6.35. The van der Waals surface area contributed by atoms with Crippen LogP contribution in [0.4, 0.5) is 0 Å². The van der Waals surface area contributed by atoms with Crippen LogP contribution in [0.5, 0.6) is 0 Å². The molecular formula is C14H17Cl2N3. The second-order valence-electron chi connectivity index (χ2n) is 4.45. The first-order valence-corrected chi connectivity index (χ1v) is 7.02. The second-order valence-corrected chi connectivity index (χ2v) is 5.29. The molecule has 1 atom stereocenters. The van der Waals surface area contributed by atoms with Crippen molar-refractivity contribution < 1.29 is 0 Å². The second kappa shape index (κ2) is 6.42. The van der Waals surface area contributed by atoms with Crippen LogP contribution in [0.1, 0.15) is 24.4 Å². The summed E-state index contributed by atoms with van der Waals surface area (Å²) in [6.45, 7) is 2.96. The minimum Gasteiger partial charge on any atom is -0.337 e. The van der Waals surface area contributed by atoms with Crippen molar-refractivity contribution in [2.24, 2.45) is 7.05 Å². The summed E-state index contributed by atoms with van der Waals surface area (Å²) in [6.07, 6.45) is 4.54. The fraction of sp³-hybridized carbons (Fsp3) is 0.357. The number of nitrogens with one attached hydrogen (secondary N) is 1. The molecule has 0 amide bonds. The summed E-state index contributed by atoms with van der Waals surface area (Å²) in [5, 5.41) is 4.80. The van der Waals surface area contributed by atoms with Crippen LogP contribution in [0.25, 0.3) is 0 Å².